The van der Waals surface area contributed by atoms with Crippen molar-refractivity contribution < 1.29 is 24.0 Å². The van der Waals surface area contributed by atoms with Crippen LogP contribution in [0.25, 0.3) is 0 Å². The first-order chi connectivity index (χ1) is 12.5. The third-order valence-corrected chi connectivity index (χ3v) is 3.75. The van der Waals surface area contributed by atoms with Crippen molar-refractivity contribution in [2.24, 2.45) is 0 Å². The van der Waals surface area contributed by atoms with Crippen LogP contribution in [0.4, 0.5) is 5.69 Å². The van der Waals surface area contributed by atoms with Crippen LogP contribution in [-0.4, -0.2) is 30.4 Å². The summed E-state index contributed by atoms with van der Waals surface area (Å²) in [7, 11) is 1.18. The van der Waals surface area contributed by atoms with Gasteiger partial charge in [0.15, 0.2) is 18.1 Å². The highest BCUT2D eigenvalue weighted by Gasteiger charge is 2.20. The van der Waals surface area contributed by atoms with Crippen molar-refractivity contribution in [2.45, 2.75) is 19.8 Å². The molecule has 0 fully saturated rings. The van der Waals surface area contributed by atoms with Crippen molar-refractivity contribution in [1.29, 1.82) is 0 Å². The van der Waals surface area contributed by atoms with Gasteiger partial charge in [0, 0.05) is 11.6 Å². The van der Waals surface area contributed by atoms with Crippen molar-refractivity contribution in [3.8, 4) is 5.75 Å². The number of nitro groups is 1. The average molecular weight is 357 g/mol. The largest absolute Gasteiger partial charge is 0.478 e. The Bertz CT molecular complexity index is 813. The number of Topliss-reactive ketones (excluding diaryl/α,β-unsaturated/α-hetero) is 1. The first-order valence-electron chi connectivity index (χ1n) is 8.08. The van der Waals surface area contributed by atoms with Crippen LogP contribution in [0, 0.1) is 10.1 Å². The van der Waals surface area contributed by atoms with Gasteiger partial charge in [-0.3, -0.25) is 14.9 Å². The average Bonchev–Trinajstić information content (AvgIpc) is 2.66. The minimum absolute atomic E-state index is 0.0318. The van der Waals surface area contributed by atoms with E-state index in [0.29, 0.717) is 5.56 Å². The van der Waals surface area contributed by atoms with Crippen molar-refractivity contribution in [1.82, 2.24) is 0 Å². The number of ether oxygens (including phenoxy) is 2. The second kappa shape index (κ2) is 8.75. The molecule has 0 aromatic heterocycles. The summed E-state index contributed by atoms with van der Waals surface area (Å²) in [5, 5.41) is 11.2. The maximum atomic E-state index is 12.2. The number of aryl methyl sites for hydroxylation is 1. The van der Waals surface area contributed by atoms with Gasteiger partial charge in [0.1, 0.15) is 0 Å². The number of carbonyl (C=O) groups is 2. The van der Waals surface area contributed by atoms with Gasteiger partial charge in [-0.2, -0.15) is 0 Å². The van der Waals surface area contributed by atoms with Crippen LogP contribution in [0.1, 0.15) is 39.6 Å². The molecule has 0 spiro atoms. The molecule has 0 saturated heterocycles. The third-order valence-electron chi connectivity index (χ3n) is 3.75. The first kappa shape index (κ1) is 19.1. The minimum Gasteiger partial charge on any atom is -0.478 e. The number of methoxy groups -OCH3 is 1. The SMILES string of the molecule is CCCc1ccc(C(=O)COc2ccc(C(=O)OC)cc2[N+](=O)[O-])cc1. The number of hydrogen-bond donors (Lipinski definition) is 0. The van der Waals surface area contributed by atoms with Crippen LogP contribution < -0.4 is 4.74 Å². The van der Waals surface area contributed by atoms with Crippen LogP contribution in [0.3, 0.4) is 0 Å². The van der Waals surface area contributed by atoms with Gasteiger partial charge in [0.2, 0.25) is 0 Å². The highest BCUT2D eigenvalue weighted by atomic mass is 16.6. The van der Waals surface area contributed by atoms with Crippen LogP contribution in [0.15, 0.2) is 42.5 Å². The summed E-state index contributed by atoms with van der Waals surface area (Å²) in [6.07, 6.45) is 1.95. The molecule has 0 aliphatic carbocycles. The number of nitro benzene ring substituents is 1. The zero-order chi connectivity index (χ0) is 19.1. The molecule has 0 amide bonds. The van der Waals surface area contributed by atoms with Gasteiger partial charge in [-0.1, -0.05) is 37.6 Å². The van der Waals surface area contributed by atoms with Crippen LogP contribution in [0.2, 0.25) is 0 Å². The Morgan fingerprint density at radius 3 is 2.31 bits per heavy atom. The number of ketones is 1. The standard InChI is InChI=1S/C19H19NO6/c1-3-4-13-5-7-14(8-6-13)17(21)12-26-18-10-9-15(19(22)25-2)11-16(18)20(23)24/h5-11H,3-4,12H2,1-2H3. The van der Waals surface area contributed by atoms with Gasteiger partial charge in [0.25, 0.3) is 0 Å². The van der Waals surface area contributed by atoms with E-state index in [4.69, 9.17) is 4.74 Å². The van der Waals surface area contributed by atoms with E-state index in [2.05, 4.69) is 11.7 Å². The molecule has 2 rings (SSSR count). The normalized spacial score (nSPS) is 10.2. The van der Waals surface area contributed by atoms with E-state index in [-0.39, 0.29) is 23.7 Å². The molecule has 0 aliphatic rings. The van der Waals surface area contributed by atoms with Gasteiger partial charge in [-0.25, -0.2) is 4.79 Å². The number of benzene rings is 2. The van der Waals surface area contributed by atoms with Gasteiger partial charge in [0.05, 0.1) is 17.6 Å². The second-order valence-electron chi connectivity index (χ2n) is 5.59. The first-order valence-corrected chi connectivity index (χ1v) is 8.08. The molecule has 2 aromatic rings. The van der Waals surface area contributed by atoms with E-state index in [1.165, 1.54) is 19.2 Å². The molecule has 0 aliphatic heterocycles. The molecule has 136 valence electrons. The number of rotatable bonds is 8. The lowest BCUT2D eigenvalue weighted by atomic mass is 10.1. The van der Waals surface area contributed by atoms with E-state index in [9.17, 15) is 19.7 Å². The monoisotopic (exact) mass is 357 g/mol. The fourth-order valence-electron chi connectivity index (χ4n) is 2.40. The second-order valence-corrected chi connectivity index (χ2v) is 5.59. The zero-order valence-electron chi connectivity index (χ0n) is 14.6. The quantitative estimate of drug-likeness (QED) is 0.310. The molecular formula is C19H19NO6. The lowest BCUT2D eigenvalue weighted by molar-refractivity contribution is -0.385. The minimum atomic E-state index is -0.692. The molecular weight excluding hydrogens is 338 g/mol. The van der Waals surface area contributed by atoms with Gasteiger partial charge < -0.3 is 9.47 Å². The summed E-state index contributed by atoms with van der Waals surface area (Å²) in [6.45, 7) is 1.73. The van der Waals surface area contributed by atoms with E-state index < -0.39 is 16.6 Å². The molecule has 7 heteroatoms. The van der Waals surface area contributed by atoms with E-state index in [1.54, 1.807) is 12.1 Å². The van der Waals surface area contributed by atoms with Gasteiger partial charge >= 0.3 is 11.7 Å². The Labute approximate surface area is 150 Å². The fraction of sp³-hybridized carbons (Fsp3) is 0.263. The Morgan fingerprint density at radius 1 is 1.08 bits per heavy atom. The summed E-state index contributed by atoms with van der Waals surface area (Å²) < 4.78 is 9.85. The van der Waals surface area contributed by atoms with E-state index >= 15 is 0 Å². The predicted octanol–water partition coefficient (Wildman–Crippen LogP) is 3.60. The number of hydrogen-bond acceptors (Lipinski definition) is 6. The third kappa shape index (κ3) is 4.66. The van der Waals surface area contributed by atoms with Gasteiger partial charge in [-0.15, -0.1) is 0 Å². The van der Waals surface area contributed by atoms with Crippen molar-refractivity contribution in [3.63, 3.8) is 0 Å². The molecule has 7 nitrogen and oxygen atoms in total. The predicted molar refractivity (Wildman–Crippen MR) is 94.7 cm³/mol. The van der Waals surface area contributed by atoms with Gasteiger partial charge in [-0.05, 0) is 24.1 Å². The number of esters is 1. The molecule has 0 heterocycles. The Hall–Kier alpha value is -3.22. The topological polar surface area (TPSA) is 95.7 Å². The molecule has 0 atom stereocenters. The lowest BCUT2D eigenvalue weighted by Crippen LogP contribution is -2.13. The Balaban J connectivity index is 2.11. The summed E-state index contributed by atoms with van der Waals surface area (Å²) in [6, 6.07) is 10.9. The smallest absolute Gasteiger partial charge is 0.338 e. The molecule has 0 radical (unpaired) electrons. The highest BCUT2D eigenvalue weighted by Crippen LogP contribution is 2.28. The molecule has 0 unspecified atom stereocenters. The van der Waals surface area contributed by atoms with Crippen LogP contribution in [0.5, 0.6) is 5.75 Å². The lowest BCUT2D eigenvalue weighted by Gasteiger charge is -2.08. The molecule has 0 N–H and O–H groups in total. The Kier molecular flexibility index (Phi) is 6.43. The maximum Gasteiger partial charge on any atom is 0.338 e. The fourth-order valence-corrected chi connectivity index (χ4v) is 2.40. The van der Waals surface area contributed by atoms with Crippen LogP contribution >= 0.6 is 0 Å². The van der Waals surface area contributed by atoms with Crippen molar-refractivity contribution in [3.05, 3.63) is 69.3 Å². The summed E-state index contributed by atoms with van der Waals surface area (Å²) in [5.41, 5.74) is 1.24. The molecule has 2 aromatic carbocycles. The summed E-state index contributed by atoms with van der Waals surface area (Å²) in [5.74, 6) is -1.07. The molecule has 0 bridgehead atoms. The number of carbonyl (C=O) groups excluding carboxylic acids is 2. The van der Waals surface area contributed by atoms with Crippen LogP contribution in [-0.2, 0) is 11.2 Å². The van der Waals surface area contributed by atoms with E-state index in [1.807, 2.05) is 12.1 Å². The molecule has 26 heavy (non-hydrogen) atoms. The highest BCUT2D eigenvalue weighted by molar-refractivity contribution is 5.97. The van der Waals surface area contributed by atoms with Crippen molar-refractivity contribution >= 4 is 17.4 Å². The summed E-state index contributed by atoms with van der Waals surface area (Å²) in [4.78, 5) is 34.2. The maximum absolute atomic E-state index is 12.2. The number of nitrogens with zero attached hydrogens (tertiary/aromatic N) is 1. The zero-order valence-corrected chi connectivity index (χ0v) is 14.6. The summed E-state index contributed by atoms with van der Waals surface area (Å²) >= 11 is 0. The van der Waals surface area contributed by atoms with Crippen molar-refractivity contribution in [2.75, 3.05) is 13.7 Å². The Morgan fingerprint density at radius 2 is 1.73 bits per heavy atom. The van der Waals surface area contributed by atoms with E-state index in [0.717, 1.165) is 24.5 Å². The molecule has 0 saturated carbocycles.